The molecule has 1 aliphatic heterocycles. The van der Waals surface area contributed by atoms with E-state index in [9.17, 15) is 4.21 Å². The molecule has 0 saturated carbocycles. The lowest BCUT2D eigenvalue weighted by molar-refractivity contribution is 0.597. The predicted molar refractivity (Wildman–Crippen MR) is 44.3 cm³/mol. The molecule has 0 amide bonds. The van der Waals surface area contributed by atoms with E-state index in [0.29, 0.717) is 12.3 Å². The van der Waals surface area contributed by atoms with Crippen LogP contribution in [0, 0.1) is 0 Å². The lowest BCUT2D eigenvalue weighted by Crippen LogP contribution is -1.99. The Morgan fingerprint density at radius 2 is 2.00 bits per heavy atom. The van der Waals surface area contributed by atoms with Crippen LogP contribution in [-0.4, -0.2) is 0 Å². The molecule has 0 spiro atoms. The van der Waals surface area contributed by atoms with Crippen LogP contribution in [0.2, 0.25) is 0 Å². The van der Waals surface area contributed by atoms with E-state index >= 15 is 0 Å². The molecule has 0 aliphatic carbocycles. The minimum Gasteiger partial charge on any atom is -0.444 e. The highest BCUT2D eigenvalue weighted by molar-refractivity contribution is 7.74. The molecule has 0 N–H and O–H groups in total. The van der Waals surface area contributed by atoms with Gasteiger partial charge in [-0.1, -0.05) is 35.6 Å². The maximum absolute atomic E-state index is 11.0. The summed E-state index contributed by atoms with van der Waals surface area (Å²) < 4.78 is 14.9. The largest absolute Gasteiger partial charge is 0.444 e. The van der Waals surface area contributed by atoms with Crippen molar-refractivity contribution in [2.45, 2.75) is 12.3 Å². The Kier molecular flexibility index (Phi) is 1.66. The second-order valence-corrected chi connectivity index (χ2v) is 3.71. The highest BCUT2D eigenvalue weighted by atomic mass is 32.2. The number of hydrogen-bond donors (Lipinski definition) is 0. The van der Waals surface area contributed by atoms with E-state index in [1.165, 1.54) is 11.1 Å². The van der Waals surface area contributed by atoms with Crippen molar-refractivity contribution in [3.05, 3.63) is 35.4 Å². The van der Waals surface area contributed by atoms with Gasteiger partial charge in [0.1, 0.15) is 0 Å². The van der Waals surface area contributed by atoms with Crippen molar-refractivity contribution in [1.82, 2.24) is 0 Å². The van der Waals surface area contributed by atoms with Crippen molar-refractivity contribution in [3.8, 4) is 0 Å². The van der Waals surface area contributed by atoms with Gasteiger partial charge in [-0.3, -0.25) is 0 Å². The van der Waals surface area contributed by atoms with E-state index in [-0.39, 0.29) is 0 Å². The highest BCUT2D eigenvalue weighted by Gasteiger charge is 1.99. The third kappa shape index (κ3) is 1.28. The third-order valence-corrected chi connectivity index (χ3v) is 2.75. The molecular formula is C8H8NOS-. The van der Waals surface area contributed by atoms with Crippen molar-refractivity contribution < 1.29 is 4.21 Å². The summed E-state index contributed by atoms with van der Waals surface area (Å²) in [5.74, 6) is 0.593. The van der Waals surface area contributed by atoms with Crippen molar-refractivity contribution in [3.63, 3.8) is 0 Å². The maximum Gasteiger partial charge on any atom is 0.0379 e. The second-order valence-electron chi connectivity index (χ2n) is 2.52. The molecular weight excluding hydrogens is 158 g/mol. The SMILES string of the molecule is O=[S-]1=NCc2ccccc2C1. The Morgan fingerprint density at radius 1 is 1.27 bits per heavy atom. The topological polar surface area (TPSA) is 29.4 Å². The molecule has 0 saturated heterocycles. The van der Waals surface area contributed by atoms with Gasteiger partial charge in [0.25, 0.3) is 0 Å². The predicted octanol–water partition coefficient (Wildman–Crippen LogP) is 1.85. The number of rotatable bonds is 0. The van der Waals surface area contributed by atoms with Gasteiger partial charge in [0.05, 0.1) is 0 Å². The normalized spacial score (nSPS) is 17.1. The Hall–Kier alpha value is -0.830. The number of benzene rings is 1. The quantitative estimate of drug-likeness (QED) is 0.541. The zero-order chi connectivity index (χ0) is 7.68. The molecule has 11 heavy (non-hydrogen) atoms. The fourth-order valence-electron chi connectivity index (χ4n) is 1.17. The minimum atomic E-state index is -0.977. The Labute approximate surface area is 67.5 Å². The first kappa shape index (κ1) is 6.85. The summed E-state index contributed by atoms with van der Waals surface area (Å²) >= 11 is 0. The van der Waals surface area contributed by atoms with E-state index in [1.807, 2.05) is 24.3 Å². The van der Waals surface area contributed by atoms with Crippen LogP contribution in [-0.2, 0) is 27.1 Å². The van der Waals surface area contributed by atoms with Gasteiger partial charge in [0.2, 0.25) is 0 Å². The first-order valence-corrected chi connectivity index (χ1v) is 4.76. The Balaban J connectivity index is 2.49. The number of hydrogen-bond acceptors (Lipinski definition) is 3. The first-order valence-electron chi connectivity index (χ1n) is 3.49. The standard InChI is InChI=1S/C8H8NOS/c10-11-6-8-4-2-1-3-7(8)5-9-11/h1-4H,5-6H2/q-1. The third-order valence-electron chi connectivity index (χ3n) is 1.78. The van der Waals surface area contributed by atoms with Crippen LogP contribution in [0.15, 0.2) is 28.6 Å². The van der Waals surface area contributed by atoms with Gasteiger partial charge < -0.3 is 8.57 Å². The molecule has 1 heterocycles. The van der Waals surface area contributed by atoms with Gasteiger partial charge >= 0.3 is 0 Å². The van der Waals surface area contributed by atoms with Gasteiger partial charge in [-0.15, -0.1) is 0 Å². The van der Waals surface area contributed by atoms with Crippen LogP contribution in [0.4, 0.5) is 0 Å². The van der Waals surface area contributed by atoms with Crippen molar-refractivity contribution in [2.24, 2.45) is 4.36 Å². The summed E-state index contributed by atoms with van der Waals surface area (Å²) in [7, 11) is -0.977. The average Bonchev–Trinajstić information content (AvgIpc) is 2.04. The van der Waals surface area contributed by atoms with Gasteiger partial charge in [-0.05, 0) is 5.56 Å². The van der Waals surface area contributed by atoms with E-state index in [0.717, 1.165) is 0 Å². The van der Waals surface area contributed by atoms with Crippen molar-refractivity contribution in [1.29, 1.82) is 0 Å². The van der Waals surface area contributed by atoms with Crippen LogP contribution >= 0.6 is 0 Å². The smallest absolute Gasteiger partial charge is 0.0379 e. The van der Waals surface area contributed by atoms with Crippen molar-refractivity contribution in [2.75, 3.05) is 0 Å². The van der Waals surface area contributed by atoms with E-state index in [4.69, 9.17) is 0 Å². The molecule has 0 radical (unpaired) electrons. The Bertz CT molecular complexity index is 353. The molecule has 1 aliphatic rings. The monoisotopic (exact) mass is 166 g/mol. The fraction of sp³-hybridized carbons (Fsp3) is 0.250. The first-order chi connectivity index (χ1) is 5.36. The second kappa shape index (κ2) is 2.66. The summed E-state index contributed by atoms with van der Waals surface area (Å²) in [4.78, 5) is 0. The summed E-state index contributed by atoms with van der Waals surface area (Å²) in [6, 6.07) is 8.01. The van der Waals surface area contributed by atoms with Crippen molar-refractivity contribution >= 4 is 10.6 Å². The summed E-state index contributed by atoms with van der Waals surface area (Å²) in [5, 5.41) is 0. The van der Waals surface area contributed by atoms with Gasteiger partial charge in [0.15, 0.2) is 0 Å². The van der Waals surface area contributed by atoms with Gasteiger partial charge in [-0.25, -0.2) is 0 Å². The lowest BCUT2D eigenvalue weighted by atomic mass is 10.1. The molecule has 1 aromatic rings. The lowest BCUT2D eigenvalue weighted by Gasteiger charge is -2.15. The number of fused-ring (bicyclic) bond motifs is 1. The van der Waals surface area contributed by atoms with Gasteiger partial charge in [-0.2, -0.15) is 10.6 Å². The van der Waals surface area contributed by atoms with E-state index in [1.54, 1.807) is 0 Å². The molecule has 0 aromatic heterocycles. The molecule has 2 nitrogen and oxygen atoms in total. The number of nitrogens with zero attached hydrogens (tertiary/aromatic N) is 1. The molecule has 58 valence electrons. The van der Waals surface area contributed by atoms with Crippen LogP contribution in [0.25, 0.3) is 0 Å². The summed E-state index contributed by atoms with van der Waals surface area (Å²) in [5.41, 5.74) is 2.40. The zero-order valence-electron chi connectivity index (χ0n) is 5.99. The fourth-order valence-corrected chi connectivity index (χ4v) is 2.09. The van der Waals surface area contributed by atoms with Crippen LogP contribution in [0.5, 0.6) is 0 Å². The van der Waals surface area contributed by atoms with Crippen LogP contribution in [0.1, 0.15) is 11.1 Å². The highest BCUT2D eigenvalue weighted by Crippen LogP contribution is 2.15. The molecule has 0 bridgehead atoms. The molecule has 2 rings (SSSR count). The molecule has 0 atom stereocenters. The van der Waals surface area contributed by atoms with Gasteiger partial charge in [0, 0.05) is 6.54 Å². The molecule has 0 fully saturated rings. The average molecular weight is 166 g/mol. The summed E-state index contributed by atoms with van der Waals surface area (Å²) in [6.45, 7) is 0.614. The maximum atomic E-state index is 11.0. The minimum absolute atomic E-state index is 0.593. The van der Waals surface area contributed by atoms with E-state index in [2.05, 4.69) is 4.36 Å². The summed E-state index contributed by atoms with van der Waals surface area (Å²) in [6.07, 6.45) is 0. The molecule has 0 unspecified atom stereocenters. The molecule has 3 heteroatoms. The van der Waals surface area contributed by atoms with Crippen LogP contribution < -0.4 is 0 Å². The van der Waals surface area contributed by atoms with E-state index < -0.39 is 10.6 Å². The zero-order valence-corrected chi connectivity index (χ0v) is 6.80. The Morgan fingerprint density at radius 3 is 2.82 bits per heavy atom. The molecule has 1 aromatic carbocycles. The van der Waals surface area contributed by atoms with Crippen LogP contribution in [0.3, 0.4) is 0 Å².